The normalized spacial score (nSPS) is 9.88. The van der Waals surface area contributed by atoms with Gasteiger partial charge < -0.3 is 15.4 Å². The van der Waals surface area contributed by atoms with Crippen molar-refractivity contribution in [1.29, 1.82) is 0 Å². The number of carbonyl (C=O) groups excluding carboxylic acids is 3. The molecule has 134 valence electrons. The van der Waals surface area contributed by atoms with Crippen molar-refractivity contribution < 1.29 is 24.0 Å². The van der Waals surface area contributed by atoms with E-state index in [1.54, 1.807) is 0 Å². The van der Waals surface area contributed by atoms with E-state index in [-0.39, 0.29) is 23.4 Å². The molecule has 0 aliphatic heterocycles. The van der Waals surface area contributed by atoms with E-state index in [0.717, 1.165) is 0 Å². The molecule has 0 bridgehead atoms. The molecule has 0 aromatic heterocycles. The third-order valence-electron chi connectivity index (χ3n) is 3.37. The molecule has 0 spiro atoms. The van der Waals surface area contributed by atoms with Crippen LogP contribution in [0.3, 0.4) is 0 Å². The van der Waals surface area contributed by atoms with Gasteiger partial charge in [-0.25, -0.2) is 0 Å². The summed E-state index contributed by atoms with van der Waals surface area (Å²) in [7, 11) is 1.21. The zero-order chi connectivity index (χ0) is 19.1. The SMILES string of the molecule is COC(=O)CNC(=O)c1ccc(NC(=O)c2ccccc2[N+](=O)[O-])cc1. The highest BCUT2D eigenvalue weighted by molar-refractivity contribution is 6.07. The van der Waals surface area contributed by atoms with E-state index >= 15 is 0 Å². The molecule has 0 saturated heterocycles. The Morgan fingerprint density at radius 2 is 1.69 bits per heavy atom. The summed E-state index contributed by atoms with van der Waals surface area (Å²) in [6, 6.07) is 11.4. The zero-order valence-electron chi connectivity index (χ0n) is 13.7. The van der Waals surface area contributed by atoms with Gasteiger partial charge >= 0.3 is 5.97 Å². The summed E-state index contributed by atoms with van der Waals surface area (Å²) in [5.74, 6) is -1.70. The number of nitro groups is 1. The number of rotatable bonds is 6. The zero-order valence-corrected chi connectivity index (χ0v) is 13.7. The van der Waals surface area contributed by atoms with Crippen LogP contribution in [-0.2, 0) is 9.53 Å². The molecule has 2 N–H and O–H groups in total. The predicted octanol–water partition coefficient (Wildman–Crippen LogP) is 1.75. The molecule has 2 rings (SSSR count). The summed E-state index contributed by atoms with van der Waals surface area (Å²) in [6.07, 6.45) is 0. The van der Waals surface area contributed by atoms with Gasteiger partial charge in [0, 0.05) is 17.3 Å². The summed E-state index contributed by atoms with van der Waals surface area (Å²) in [4.78, 5) is 45.4. The van der Waals surface area contributed by atoms with Gasteiger partial charge in [0.25, 0.3) is 17.5 Å². The van der Waals surface area contributed by atoms with E-state index in [1.165, 1.54) is 55.6 Å². The highest BCUT2D eigenvalue weighted by Gasteiger charge is 2.19. The third kappa shape index (κ3) is 4.63. The fourth-order valence-electron chi connectivity index (χ4n) is 2.05. The first-order valence-electron chi connectivity index (χ1n) is 7.42. The number of nitrogens with zero attached hydrogens (tertiary/aromatic N) is 1. The summed E-state index contributed by atoms with van der Waals surface area (Å²) in [5.41, 5.74) is 0.261. The van der Waals surface area contributed by atoms with Crippen molar-refractivity contribution in [3.05, 3.63) is 69.8 Å². The number of amides is 2. The van der Waals surface area contributed by atoms with Crippen molar-refractivity contribution >= 4 is 29.2 Å². The van der Waals surface area contributed by atoms with E-state index in [1.807, 2.05) is 0 Å². The molecule has 2 aromatic carbocycles. The van der Waals surface area contributed by atoms with Gasteiger partial charge in [-0.05, 0) is 30.3 Å². The number of esters is 1. The summed E-state index contributed by atoms with van der Waals surface area (Å²) in [5, 5.41) is 15.9. The number of hydrogen-bond acceptors (Lipinski definition) is 6. The summed E-state index contributed by atoms with van der Waals surface area (Å²) >= 11 is 0. The van der Waals surface area contributed by atoms with Crippen molar-refractivity contribution in [2.45, 2.75) is 0 Å². The number of ether oxygens (including phenoxy) is 1. The van der Waals surface area contributed by atoms with E-state index in [4.69, 9.17) is 0 Å². The lowest BCUT2D eigenvalue weighted by molar-refractivity contribution is -0.385. The number of anilines is 1. The van der Waals surface area contributed by atoms with Crippen LogP contribution >= 0.6 is 0 Å². The molecule has 0 atom stereocenters. The van der Waals surface area contributed by atoms with Crippen molar-refractivity contribution in [2.75, 3.05) is 19.0 Å². The minimum atomic E-state index is -0.639. The second-order valence-corrected chi connectivity index (χ2v) is 5.06. The van der Waals surface area contributed by atoms with Crippen molar-refractivity contribution in [3.63, 3.8) is 0 Å². The van der Waals surface area contributed by atoms with Gasteiger partial charge in [0.05, 0.1) is 12.0 Å². The van der Waals surface area contributed by atoms with Gasteiger partial charge in [0.2, 0.25) is 0 Å². The molecule has 0 aliphatic rings. The molecule has 9 nitrogen and oxygen atoms in total. The number of hydrogen-bond donors (Lipinski definition) is 2. The van der Waals surface area contributed by atoms with Gasteiger partial charge in [-0.1, -0.05) is 12.1 Å². The first-order chi connectivity index (χ1) is 12.4. The molecular weight excluding hydrogens is 342 g/mol. The Labute approximate surface area is 148 Å². The maximum absolute atomic E-state index is 12.2. The fourth-order valence-corrected chi connectivity index (χ4v) is 2.05. The lowest BCUT2D eigenvalue weighted by Gasteiger charge is -2.07. The number of para-hydroxylation sites is 1. The third-order valence-corrected chi connectivity index (χ3v) is 3.37. The first kappa shape index (κ1) is 18.6. The van der Waals surface area contributed by atoms with Crippen LogP contribution in [0.25, 0.3) is 0 Å². The Hall–Kier alpha value is -3.75. The standard InChI is InChI=1S/C17H15N3O6/c1-26-15(21)10-18-16(22)11-6-8-12(9-7-11)19-17(23)13-4-2-3-5-14(13)20(24)25/h2-9H,10H2,1H3,(H,18,22)(H,19,23). The van der Waals surface area contributed by atoms with Gasteiger partial charge in [-0.2, -0.15) is 0 Å². The van der Waals surface area contributed by atoms with E-state index < -0.39 is 22.7 Å². The minimum absolute atomic E-state index is 0.0719. The Balaban J connectivity index is 2.05. The van der Waals surface area contributed by atoms with Crippen LogP contribution in [0.4, 0.5) is 11.4 Å². The van der Waals surface area contributed by atoms with Crippen LogP contribution in [0, 0.1) is 10.1 Å². The number of nitrogens with one attached hydrogen (secondary N) is 2. The van der Waals surface area contributed by atoms with Crippen molar-refractivity contribution in [1.82, 2.24) is 5.32 Å². The summed E-state index contributed by atoms with van der Waals surface area (Å²) < 4.78 is 4.42. The Morgan fingerprint density at radius 1 is 1.04 bits per heavy atom. The molecule has 9 heteroatoms. The quantitative estimate of drug-likeness (QED) is 0.460. The van der Waals surface area contributed by atoms with Crippen molar-refractivity contribution in [3.8, 4) is 0 Å². The smallest absolute Gasteiger partial charge is 0.325 e. The molecule has 0 fully saturated rings. The average Bonchev–Trinajstić information content (AvgIpc) is 2.66. The van der Waals surface area contributed by atoms with Gasteiger partial charge in [0.1, 0.15) is 12.1 Å². The molecule has 0 radical (unpaired) electrons. The van der Waals surface area contributed by atoms with E-state index in [0.29, 0.717) is 5.69 Å². The van der Waals surface area contributed by atoms with Crippen LogP contribution in [-0.4, -0.2) is 36.4 Å². The Kier molecular flexibility index (Phi) is 5.99. The first-order valence-corrected chi connectivity index (χ1v) is 7.42. The Morgan fingerprint density at radius 3 is 2.31 bits per heavy atom. The summed E-state index contributed by atoms with van der Waals surface area (Å²) in [6.45, 7) is -0.258. The van der Waals surface area contributed by atoms with E-state index in [9.17, 15) is 24.5 Å². The molecule has 0 saturated carbocycles. The van der Waals surface area contributed by atoms with Gasteiger partial charge in [0.15, 0.2) is 0 Å². The molecule has 2 aromatic rings. The molecule has 0 aliphatic carbocycles. The molecular formula is C17H15N3O6. The maximum Gasteiger partial charge on any atom is 0.325 e. The average molecular weight is 357 g/mol. The van der Waals surface area contributed by atoms with Crippen LogP contribution in [0.1, 0.15) is 20.7 Å². The molecule has 26 heavy (non-hydrogen) atoms. The van der Waals surface area contributed by atoms with Crippen LogP contribution in [0.15, 0.2) is 48.5 Å². The van der Waals surface area contributed by atoms with Gasteiger partial charge in [-0.3, -0.25) is 24.5 Å². The molecule has 2 amide bonds. The predicted molar refractivity (Wildman–Crippen MR) is 91.8 cm³/mol. The molecule has 0 heterocycles. The monoisotopic (exact) mass is 357 g/mol. The highest BCUT2D eigenvalue weighted by Crippen LogP contribution is 2.19. The number of benzene rings is 2. The van der Waals surface area contributed by atoms with Crippen molar-refractivity contribution in [2.24, 2.45) is 0 Å². The minimum Gasteiger partial charge on any atom is -0.468 e. The molecule has 0 unspecified atom stereocenters. The largest absolute Gasteiger partial charge is 0.468 e. The number of nitro benzene ring substituents is 1. The highest BCUT2D eigenvalue weighted by atomic mass is 16.6. The lowest BCUT2D eigenvalue weighted by atomic mass is 10.1. The second kappa shape index (κ2) is 8.38. The fraction of sp³-hybridized carbons (Fsp3) is 0.118. The Bertz CT molecular complexity index is 848. The lowest BCUT2D eigenvalue weighted by Crippen LogP contribution is -2.30. The number of methoxy groups -OCH3 is 1. The number of carbonyl (C=O) groups is 3. The van der Waals surface area contributed by atoms with Gasteiger partial charge in [-0.15, -0.1) is 0 Å². The van der Waals surface area contributed by atoms with Crippen LogP contribution < -0.4 is 10.6 Å². The maximum atomic E-state index is 12.2. The second-order valence-electron chi connectivity index (χ2n) is 5.06. The van der Waals surface area contributed by atoms with Crippen LogP contribution in [0.2, 0.25) is 0 Å². The van der Waals surface area contributed by atoms with E-state index in [2.05, 4.69) is 15.4 Å². The van der Waals surface area contributed by atoms with Crippen LogP contribution in [0.5, 0.6) is 0 Å². The topological polar surface area (TPSA) is 128 Å².